The molecule has 0 spiro atoms. The third-order valence-electron chi connectivity index (χ3n) is 4.01. The molecule has 1 heterocycles. The average molecular weight is 326 g/mol. The summed E-state index contributed by atoms with van der Waals surface area (Å²) in [5.74, 6) is -1.69. The van der Waals surface area contributed by atoms with Crippen LogP contribution in [0.15, 0.2) is 42.6 Å². The number of carboxylic acids is 1. The summed E-state index contributed by atoms with van der Waals surface area (Å²) in [5, 5.41) is 11.9. The quantitative estimate of drug-likeness (QED) is 0.818. The van der Waals surface area contributed by atoms with Crippen LogP contribution in [0.25, 0.3) is 11.3 Å². The number of nitrogens with zero attached hydrogens (tertiary/aromatic N) is 1. The monoisotopic (exact) mass is 326 g/mol. The zero-order valence-corrected chi connectivity index (χ0v) is 14.0. The van der Waals surface area contributed by atoms with Crippen molar-refractivity contribution in [2.24, 2.45) is 5.92 Å². The molecule has 0 bridgehead atoms. The van der Waals surface area contributed by atoms with Crippen LogP contribution in [0.5, 0.6) is 0 Å². The molecule has 24 heavy (non-hydrogen) atoms. The predicted molar refractivity (Wildman–Crippen MR) is 92.8 cm³/mol. The van der Waals surface area contributed by atoms with Crippen LogP contribution in [0.4, 0.5) is 0 Å². The molecule has 1 unspecified atom stereocenters. The maximum Gasteiger partial charge on any atom is 0.308 e. The second-order valence-electron chi connectivity index (χ2n) is 5.73. The number of amides is 1. The van der Waals surface area contributed by atoms with Crippen LogP contribution in [-0.4, -0.2) is 28.5 Å². The van der Waals surface area contributed by atoms with E-state index in [1.165, 1.54) is 0 Å². The molecule has 0 aliphatic heterocycles. The van der Waals surface area contributed by atoms with E-state index in [1.807, 2.05) is 44.2 Å². The normalized spacial score (nSPS) is 11.8. The van der Waals surface area contributed by atoms with Gasteiger partial charge in [0, 0.05) is 23.9 Å². The van der Waals surface area contributed by atoms with Crippen molar-refractivity contribution in [3.8, 4) is 11.3 Å². The van der Waals surface area contributed by atoms with Crippen LogP contribution in [0.3, 0.4) is 0 Å². The minimum Gasteiger partial charge on any atom is -0.481 e. The summed E-state index contributed by atoms with van der Waals surface area (Å²) in [6.07, 6.45) is 3.02. The minimum atomic E-state index is -0.879. The summed E-state index contributed by atoms with van der Waals surface area (Å²) in [6, 6.07) is 11.1. The van der Waals surface area contributed by atoms with Gasteiger partial charge >= 0.3 is 5.97 Å². The van der Waals surface area contributed by atoms with Gasteiger partial charge in [-0.25, -0.2) is 0 Å². The van der Waals surface area contributed by atoms with Crippen molar-refractivity contribution in [1.82, 2.24) is 10.3 Å². The van der Waals surface area contributed by atoms with E-state index in [1.54, 1.807) is 12.3 Å². The number of carboxylic acid groups (broad SMARTS) is 1. The van der Waals surface area contributed by atoms with Gasteiger partial charge in [0.05, 0.1) is 11.6 Å². The number of hydrogen-bond acceptors (Lipinski definition) is 3. The Morgan fingerprint density at radius 3 is 2.62 bits per heavy atom. The van der Waals surface area contributed by atoms with Gasteiger partial charge in [0.25, 0.3) is 5.91 Å². The van der Waals surface area contributed by atoms with Crippen LogP contribution < -0.4 is 5.32 Å². The van der Waals surface area contributed by atoms with Crippen molar-refractivity contribution < 1.29 is 14.7 Å². The van der Waals surface area contributed by atoms with E-state index in [0.29, 0.717) is 12.0 Å². The Kier molecular flexibility index (Phi) is 6.07. The van der Waals surface area contributed by atoms with Gasteiger partial charge in [0.1, 0.15) is 0 Å². The molecule has 1 aromatic heterocycles. The molecule has 1 aromatic carbocycles. The molecule has 0 aliphatic carbocycles. The third-order valence-corrected chi connectivity index (χ3v) is 4.01. The topological polar surface area (TPSA) is 79.3 Å². The fraction of sp³-hybridized carbons (Fsp3) is 0.316. The number of aromatic nitrogens is 1. The molecule has 5 heteroatoms. The van der Waals surface area contributed by atoms with Gasteiger partial charge < -0.3 is 10.4 Å². The highest BCUT2D eigenvalue weighted by molar-refractivity contribution is 5.97. The maximum atomic E-state index is 12.5. The second-order valence-corrected chi connectivity index (χ2v) is 5.73. The summed E-state index contributed by atoms with van der Waals surface area (Å²) in [6.45, 7) is 3.94. The Labute approximate surface area is 141 Å². The number of carbonyl (C=O) groups excluding carboxylic acids is 1. The first-order valence-corrected chi connectivity index (χ1v) is 8.06. The lowest BCUT2D eigenvalue weighted by Gasteiger charge is -2.14. The molecule has 5 nitrogen and oxygen atoms in total. The Bertz CT molecular complexity index is 714. The van der Waals surface area contributed by atoms with E-state index < -0.39 is 11.9 Å². The molecule has 1 atom stereocenters. The second kappa shape index (κ2) is 8.24. The number of rotatable bonds is 7. The van der Waals surface area contributed by atoms with E-state index in [9.17, 15) is 14.7 Å². The summed E-state index contributed by atoms with van der Waals surface area (Å²) >= 11 is 0. The molecule has 0 saturated carbocycles. The number of hydrogen-bond donors (Lipinski definition) is 2. The SMILES string of the molecule is CCCC(CNC(=O)c1cccc(-c2ccccn2)c1C)C(=O)O. The van der Waals surface area contributed by atoms with Crippen LogP contribution in [0, 0.1) is 12.8 Å². The van der Waals surface area contributed by atoms with Gasteiger partial charge in [-0.3, -0.25) is 14.6 Å². The fourth-order valence-electron chi connectivity index (χ4n) is 2.65. The smallest absolute Gasteiger partial charge is 0.308 e. The van der Waals surface area contributed by atoms with E-state index in [2.05, 4.69) is 10.3 Å². The van der Waals surface area contributed by atoms with Gasteiger partial charge in [-0.05, 0) is 37.1 Å². The molecule has 1 amide bonds. The van der Waals surface area contributed by atoms with Crippen LogP contribution >= 0.6 is 0 Å². The third kappa shape index (κ3) is 4.19. The van der Waals surface area contributed by atoms with Gasteiger partial charge in [0.15, 0.2) is 0 Å². The molecule has 0 radical (unpaired) electrons. The predicted octanol–water partition coefficient (Wildman–Crippen LogP) is 3.29. The van der Waals surface area contributed by atoms with Gasteiger partial charge in [-0.2, -0.15) is 0 Å². The first kappa shape index (κ1) is 17.7. The molecule has 0 fully saturated rings. The Morgan fingerprint density at radius 1 is 1.21 bits per heavy atom. The minimum absolute atomic E-state index is 0.134. The van der Waals surface area contributed by atoms with Gasteiger partial charge in [0.2, 0.25) is 0 Å². The zero-order chi connectivity index (χ0) is 17.5. The molecule has 2 N–H and O–H groups in total. The van der Waals surface area contributed by atoms with Crippen molar-refractivity contribution in [3.05, 3.63) is 53.7 Å². The highest BCUT2D eigenvalue weighted by Crippen LogP contribution is 2.23. The first-order chi connectivity index (χ1) is 11.5. The van der Waals surface area contributed by atoms with E-state index in [-0.39, 0.29) is 12.5 Å². The highest BCUT2D eigenvalue weighted by Gasteiger charge is 2.19. The van der Waals surface area contributed by atoms with Crippen LogP contribution in [-0.2, 0) is 4.79 Å². The van der Waals surface area contributed by atoms with Crippen molar-refractivity contribution in [1.29, 1.82) is 0 Å². The van der Waals surface area contributed by atoms with Crippen LogP contribution in [0.2, 0.25) is 0 Å². The van der Waals surface area contributed by atoms with E-state index in [4.69, 9.17) is 0 Å². The molecule has 126 valence electrons. The molecule has 0 saturated heterocycles. The molecule has 2 rings (SSSR count). The standard InChI is InChI=1S/C19H22N2O3/c1-3-7-14(19(23)24)12-21-18(22)16-9-6-8-15(13(16)2)17-10-4-5-11-20-17/h4-6,8-11,14H,3,7,12H2,1-2H3,(H,21,22)(H,23,24). The van der Waals surface area contributed by atoms with Gasteiger partial charge in [-0.1, -0.05) is 31.5 Å². The number of carbonyl (C=O) groups is 2. The number of aliphatic carboxylic acids is 1. The number of benzene rings is 1. The molecule has 0 aliphatic rings. The summed E-state index contributed by atoms with van der Waals surface area (Å²) < 4.78 is 0. The molecule has 2 aromatic rings. The fourth-order valence-corrected chi connectivity index (χ4v) is 2.65. The average Bonchev–Trinajstić information content (AvgIpc) is 2.59. The maximum absolute atomic E-state index is 12.5. The lowest BCUT2D eigenvalue weighted by Crippen LogP contribution is -2.33. The Balaban J connectivity index is 2.17. The molecular weight excluding hydrogens is 304 g/mol. The summed E-state index contributed by atoms with van der Waals surface area (Å²) in [5.41, 5.74) is 3.07. The number of nitrogens with one attached hydrogen (secondary N) is 1. The van der Waals surface area contributed by atoms with Gasteiger partial charge in [-0.15, -0.1) is 0 Å². The largest absolute Gasteiger partial charge is 0.481 e. The highest BCUT2D eigenvalue weighted by atomic mass is 16.4. The van der Waals surface area contributed by atoms with E-state index >= 15 is 0 Å². The Morgan fingerprint density at radius 2 is 2.00 bits per heavy atom. The lowest BCUT2D eigenvalue weighted by atomic mass is 9.98. The number of pyridine rings is 1. The summed E-state index contributed by atoms with van der Waals surface area (Å²) in [7, 11) is 0. The van der Waals surface area contributed by atoms with Crippen molar-refractivity contribution >= 4 is 11.9 Å². The first-order valence-electron chi connectivity index (χ1n) is 8.06. The van der Waals surface area contributed by atoms with Crippen molar-refractivity contribution in [3.63, 3.8) is 0 Å². The lowest BCUT2D eigenvalue weighted by molar-refractivity contribution is -0.141. The Hall–Kier alpha value is -2.69. The van der Waals surface area contributed by atoms with Crippen LogP contribution in [0.1, 0.15) is 35.7 Å². The van der Waals surface area contributed by atoms with Crippen molar-refractivity contribution in [2.75, 3.05) is 6.54 Å². The summed E-state index contributed by atoms with van der Waals surface area (Å²) in [4.78, 5) is 28.0. The zero-order valence-electron chi connectivity index (χ0n) is 14.0. The molecular formula is C19H22N2O3. The van der Waals surface area contributed by atoms with E-state index in [0.717, 1.165) is 23.2 Å². The van der Waals surface area contributed by atoms with Crippen molar-refractivity contribution in [2.45, 2.75) is 26.7 Å².